The highest BCUT2D eigenvalue weighted by Crippen LogP contribution is 2.41. The molecule has 0 radical (unpaired) electrons. The average molecular weight is 406 g/mol. The number of guanidine groups is 1. The molecule has 1 aliphatic carbocycles. The Kier molecular flexibility index (Phi) is 8.30. The van der Waals surface area contributed by atoms with Crippen LogP contribution in [0.5, 0.6) is 0 Å². The molecule has 2 aliphatic rings. The van der Waals surface area contributed by atoms with E-state index in [1.54, 1.807) is 19.2 Å². The van der Waals surface area contributed by atoms with E-state index in [2.05, 4.69) is 17.1 Å². The van der Waals surface area contributed by atoms with Crippen LogP contribution in [0.1, 0.15) is 44.6 Å². The van der Waals surface area contributed by atoms with Crippen LogP contribution in [-0.2, 0) is 14.9 Å². The summed E-state index contributed by atoms with van der Waals surface area (Å²) in [5, 5.41) is 3.48. The Balaban J connectivity index is 1.64. The van der Waals surface area contributed by atoms with Crippen LogP contribution < -0.4 is 5.32 Å². The number of nitrogens with zero attached hydrogens (tertiary/aromatic N) is 2. The first-order valence-corrected chi connectivity index (χ1v) is 11.0. The minimum Gasteiger partial charge on any atom is -0.382 e. The summed E-state index contributed by atoms with van der Waals surface area (Å²) in [6, 6.07) is 7.07. The van der Waals surface area contributed by atoms with Crippen LogP contribution in [0.25, 0.3) is 0 Å². The third kappa shape index (κ3) is 5.92. The molecule has 0 amide bonds. The summed E-state index contributed by atoms with van der Waals surface area (Å²) in [6.07, 6.45) is 5.80. The molecule has 1 N–H and O–H groups in total. The Morgan fingerprint density at radius 1 is 1.24 bits per heavy atom. The molecule has 162 valence electrons. The van der Waals surface area contributed by atoms with Crippen molar-refractivity contribution in [2.75, 3.05) is 53.1 Å². The monoisotopic (exact) mass is 405 g/mol. The van der Waals surface area contributed by atoms with Gasteiger partial charge >= 0.3 is 0 Å². The van der Waals surface area contributed by atoms with Gasteiger partial charge in [-0.3, -0.25) is 4.99 Å². The molecule has 0 aromatic heterocycles. The largest absolute Gasteiger partial charge is 0.382 e. The predicted molar refractivity (Wildman–Crippen MR) is 115 cm³/mol. The lowest BCUT2D eigenvalue weighted by Gasteiger charge is -2.29. The summed E-state index contributed by atoms with van der Waals surface area (Å²) < 4.78 is 24.2. The Morgan fingerprint density at radius 3 is 2.69 bits per heavy atom. The molecule has 0 bridgehead atoms. The van der Waals surface area contributed by atoms with E-state index in [1.807, 2.05) is 12.1 Å². The molecular weight excluding hydrogens is 369 g/mol. The number of likely N-dealkylation sites (tertiary alicyclic amines) is 1. The molecule has 1 aliphatic heterocycles. The molecular formula is C23H36FN3O2. The van der Waals surface area contributed by atoms with Gasteiger partial charge in [0.25, 0.3) is 0 Å². The molecule has 1 saturated heterocycles. The number of rotatable bonds is 9. The lowest BCUT2D eigenvalue weighted by molar-refractivity contribution is 0.0536. The zero-order valence-electron chi connectivity index (χ0n) is 18.0. The molecule has 6 heteroatoms. The van der Waals surface area contributed by atoms with Crippen molar-refractivity contribution < 1.29 is 13.9 Å². The van der Waals surface area contributed by atoms with Gasteiger partial charge in [0, 0.05) is 38.1 Å². The molecule has 1 atom stereocenters. The quantitative estimate of drug-likeness (QED) is 0.387. The molecule has 1 heterocycles. The third-order valence-electron chi connectivity index (χ3n) is 6.25. The second-order valence-corrected chi connectivity index (χ2v) is 8.33. The first-order chi connectivity index (χ1) is 14.2. The molecule has 1 aromatic rings. The van der Waals surface area contributed by atoms with Crippen molar-refractivity contribution in [1.29, 1.82) is 0 Å². The topological polar surface area (TPSA) is 46.1 Å². The number of ether oxygens (including phenoxy) is 2. The van der Waals surface area contributed by atoms with Gasteiger partial charge in [0.15, 0.2) is 5.96 Å². The minimum absolute atomic E-state index is 0.0385. The van der Waals surface area contributed by atoms with Gasteiger partial charge in [-0.1, -0.05) is 25.0 Å². The van der Waals surface area contributed by atoms with Crippen molar-refractivity contribution in [1.82, 2.24) is 10.2 Å². The number of halogens is 1. The van der Waals surface area contributed by atoms with Crippen LogP contribution in [0.2, 0.25) is 0 Å². The summed E-state index contributed by atoms with van der Waals surface area (Å²) in [7, 11) is 1.70. The fourth-order valence-electron chi connectivity index (χ4n) is 4.60. The van der Waals surface area contributed by atoms with Crippen LogP contribution in [0.3, 0.4) is 0 Å². The van der Waals surface area contributed by atoms with E-state index >= 15 is 0 Å². The molecule has 1 unspecified atom stereocenters. The van der Waals surface area contributed by atoms with Gasteiger partial charge in [0.05, 0.1) is 26.4 Å². The molecule has 2 fully saturated rings. The maximum Gasteiger partial charge on any atom is 0.193 e. The maximum absolute atomic E-state index is 13.4. The van der Waals surface area contributed by atoms with Crippen molar-refractivity contribution in [3.63, 3.8) is 0 Å². The van der Waals surface area contributed by atoms with Crippen molar-refractivity contribution >= 4 is 5.96 Å². The van der Waals surface area contributed by atoms with Gasteiger partial charge in [0.2, 0.25) is 0 Å². The summed E-state index contributed by atoms with van der Waals surface area (Å²) >= 11 is 0. The molecule has 5 nitrogen and oxygen atoms in total. The number of benzene rings is 1. The first kappa shape index (κ1) is 22.0. The van der Waals surface area contributed by atoms with E-state index in [1.165, 1.54) is 18.4 Å². The van der Waals surface area contributed by atoms with E-state index < -0.39 is 0 Å². The zero-order valence-corrected chi connectivity index (χ0v) is 18.0. The van der Waals surface area contributed by atoms with E-state index in [-0.39, 0.29) is 11.2 Å². The summed E-state index contributed by atoms with van der Waals surface area (Å²) in [6.45, 7) is 7.78. The molecule has 0 spiro atoms. The second kappa shape index (κ2) is 10.9. The van der Waals surface area contributed by atoms with E-state index in [9.17, 15) is 4.39 Å². The van der Waals surface area contributed by atoms with Gasteiger partial charge < -0.3 is 19.7 Å². The minimum atomic E-state index is -0.172. The number of nitrogens with one attached hydrogen (secondary N) is 1. The predicted octanol–water partition coefficient (Wildman–Crippen LogP) is 3.59. The van der Waals surface area contributed by atoms with E-state index in [4.69, 9.17) is 14.5 Å². The summed E-state index contributed by atoms with van der Waals surface area (Å²) in [5.41, 5.74) is 1.26. The normalized spacial score (nSPS) is 21.7. The summed E-state index contributed by atoms with van der Waals surface area (Å²) in [5.74, 6) is 1.36. The Bertz CT molecular complexity index is 644. The molecule has 1 aromatic carbocycles. The van der Waals surface area contributed by atoms with Crippen LogP contribution in [0.15, 0.2) is 29.3 Å². The standard InChI is InChI=1S/C23H36FN3O2/c1-3-25-22(27-13-10-19(16-27)17-29-15-14-28-2)26-18-23(11-4-5-12-23)20-6-8-21(24)9-7-20/h6-9,19H,3-5,10-18H2,1-2H3,(H,25,26). The molecule has 3 rings (SSSR count). The lowest BCUT2D eigenvalue weighted by atomic mass is 9.79. The highest BCUT2D eigenvalue weighted by atomic mass is 19.1. The van der Waals surface area contributed by atoms with Crippen molar-refractivity contribution in [3.8, 4) is 0 Å². The molecule has 29 heavy (non-hydrogen) atoms. The SMILES string of the molecule is CCNC(=NCC1(c2ccc(F)cc2)CCCC1)N1CCC(COCCOC)C1. The highest BCUT2D eigenvalue weighted by molar-refractivity contribution is 5.80. The number of methoxy groups -OCH3 is 1. The lowest BCUT2D eigenvalue weighted by Crippen LogP contribution is -2.41. The number of aliphatic imine (C=N–C) groups is 1. The van der Waals surface area contributed by atoms with Gasteiger partial charge in [0.1, 0.15) is 5.82 Å². The molecule has 1 saturated carbocycles. The van der Waals surface area contributed by atoms with Crippen LogP contribution in [-0.4, -0.2) is 64.0 Å². The van der Waals surface area contributed by atoms with Crippen LogP contribution in [0, 0.1) is 11.7 Å². The van der Waals surface area contributed by atoms with Gasteiger partial charge in [-0.25, -0.2) is 4.39 Å². The van der Waals surface area contributed by atoms with Crippen molar-refractivity contribution in [2.24, 2.45) is 10.9 Å². The fraction of sp³-hybridized carbons (Fsp3) is 0.696. The van der Waals surface area contributed by atoms with Crippen LogP contribution in [0.4, 0.5) is 4.39 Å². The second-order valence-electron chi connectivity index (χ2n) is 8.33. The maximum atomic E-state index is 13.4. The smallest absolute Gasteiger partial charge is 0.193 e. The van der Waals surface area contributed by atoms with Gasteiger partial charge in [-0.05, 0) is 43.9 Å². The Morgan fingerprint density at radius 2 is 2.00 bits per heavy atom. The van der Waals surface area contributed by atoms with Crippen molar-refractivity contribution in [2.45, 2.75) is 44.4 Å². The number of hydrogen-bond acceptors (Lipinski definition) is 3. The Labute approximate surface area is 174 Å². The van der Waals surface area contributed by atoms with Crippen LogP contribution >= 0.6 is 0 Å². The first-order valence-electron chi connectivity index (χ1n) is 11.0. The van der Waals surface area contributed by atoms with E-state index in [0.29, 0.717) is 19.1 Å². The summed E-state index contributed by atoms with van der Waals surface area (Å²) in [4.78, 5) is 7.43. The van der Waals surface area contributed by atoms with Gasteiger partial charge in [-0.2, -0.15) is 0 Å². The third-order valence-corrected chi connectivity index (χ3v) is 6.25. The average Bonchev–Trinajstić information content (AvgIpc) is 3.40. The van der Waals surface area contributed by atoms with Gasteiger partial charge in [-0.15, -0.1) is 0 Å². The van der Waals surface area contributed by atoms with Crippen molar-refractivity contribution in [3.05, 3.63) is 35.6 Å². The van der Waals surface area contributed by atoms with E-state index in [0.717, 1.165) is 58.0 Å². The fourth-order valence-corrected chi connectivity index (χ4v) is 4.60. The highest BCUT2D eigenvalue weighted by Gasteiger charge is 2.36. The number of hydrogen-bond donors (Lipinski definition) is 1. The zero-order chi connectivity index (χ0) is 20.5. The Hall–Kier alpha value is -1.66.